The minimum atomic E-state index is -3.31. The summed E-state index contributed by atoms with van der Waals surface area (Å²) in [6, 6.07) is 10.6. The normalized spacial score (nSPS) is 12.4. The van der Waals surface area contributed by atoms with Crippen LogP contribution in [0.1, 0.15) is 5.56 Å². The number of benzene rings is 2. The molecular formula is C19H19N3O6S2. The predicted molar refractivity (Wildman–Crippen MR) is 112 cm³/mol. The number of methoxy groups -OCH3 is 1. The maximum atomic E-state index is 12.5. The average Bonchev–Trinajstić information content (AvgIpc) is 3.01. The van der Waals surface area contributed by atoms with E-state index >= 15 is 0 Å². The van der Waals surface area contributed by atoms with Crippen molar-refractivity contribution in [3.8, 4) is 0 Å². The second-order valence-electron chi connectivity index (χ2n) is 6.54. The Morgan fingerprint density at radius 2 is 1.93 bits per heavy atom. The first kappa shape index (κ1) is 21.8. The van der Waals surface area contributed by atoms with Crippen molar-refractivity contribution in [2.45, 2.75) is 17.9 Å². The summed E-state index contributed by atoms with van der Waals surface area (Å²) in [7, 11) is -1.75. The molecule has 3 rings (SSSR count). The fraction of sp³-hybridized carbons (Fsp3) is 0.263. The van der Waals surface area contributed by atoms with Gasteiger partial charge in [0.2, 0.25) is 0 Å². The second-order valence-corrected chi connectivity index (χ2v) is 9.56. The molecule has 9 nitrogen and oxygen atoms in total. The number of nitrogens with zero attached hydrogens (tertiary/aromatic N) is 3. The van der Waals surface area contributed by atoms with Crippen molar-refractivity contribution in [1.29, 1.82) is 0 Å². The third kappa shape index (κ3) is 4.99. The van der Waals surface area contributed by atoms with Crippen LogP contribution in [0.2, 0.25) is 0 Å². The van der Waals surface area contributed by atoms with Crippen molar-refractivity contribution in [2.75, 3.05) is 20.0 Å². The number of hydrogen-bond donors (Lipinski definition) is 0. The molecule has 0 unspecified atom stereocenters. The molecule has 0 saturated carbocycles. The van der Waals surface area contributed by atoms with Crippen LogP contribution in [0.3, 0.4) is 0 Å². The number of nitro groups is 1. The van der Waals surface area contributed by atoms with Crippen molar-refractivity contribution < 1.29 is 22.9 Å². The van der Waals surface area contributed by atoms with Gasteiger partial charge in [-0.2, -0.15) is 4.99 Å². The molecule has 0 aliphatic rings. The number of hydrogen-bond acceptors (Lipinski definition) is 7. The molecule has 0 atom stereocenters. The van der Waals surface area contributed by atoms with Crippen molar-refractivity contribution in [3.63, 3.8) is 0 Å². The third-order valence-electron chi connectivity index (χ3n) is 4.32. The Morgan fingerprint density at radius 1 is 1.23 bits per heavy atom. The van der Waals surface area contributed by atoms with Crippen LogP contribution < -0.4 is 4.80 Å². The SMILES string of the molecule is COCCn1c(=NC(=O)Cc2ccc(S(C)(=O)=O)cc2)sc2cc([N+](=O)[O-])ccc21. The van der Waals surface area contributed by atoms with E-state index in [2.05, 4.69) is 4.99 Å². The molecule has 0 saturated heterocycles. The molecular weight excluding hydrogens is 430 g/mol. The lowest BCUT2D eigenvalue weighted by atomic mass is 10.1. The number of nitro benzene ring substituents is 1. The summed E-state index contributed by atoms with van der Waals surface area (Å²) in [5.41, 5.74) is 1.33. The third-order valence-corrected chi connectivity index (χ3v) is 6.49. The lowest BCUT2D eigenvalue weighted by Crippen LogP contribution is -2.19. The Labute approximate surface area is 176 Å². The van der Waals surface area contributed by atoms with Gasteiger partial charge in [0.1, 0.15) is 0 Å². The summed E-state index contributed by atoms with van der Waals surface area (Å²) >= 11 is 1.19. The maximum Gasteiger partial charge on any atom is 0.270 e. The average molecular weight is 450 g/mol. The highest BCUT2D eigenvalue weighted by atomic mass is 32.2. The van der Waals surface area contributed by atoms with E-state index in [1.165, 1.54) is 35.6 Å². The van der Waals surface area contributed by atoms with E-state index in [9.17, 15) is 23.3 Å². The summed E-state index contributed by atoms with van der Waals surface area (Å²) in [5.74, 6) is -0.408. The highest BCUT2D eigenvalue weighted by molar-refractivity contribution is 7.90. The molecule has 0 N–H and O–H groups in total. The van der Waals surface area contributed by atoms with Crippen molar-refractivity contribution in [1.82, 2.24) is 4.57 Å². The molecule has 30 heavy (non-hydrogen) atoms. The minimum Gasteiger partial charge on any atom is -0.383 e. The fourth-order valence-corrected chi connectivity index (χ4v) is 4.57. The summed E-state index contributed by atoms with van der Waals surface area (Å²) in [4.78, 5) is 27.9. The van der Waals surface area contributed by atoms with Crippen molar-refractivity contribution in [2.24, 2.45) is 4.99 Å². The van der Waals surface area contributed by atoms with Gasteiger partial charge in [-0.05, 0) is 23.8 Å². The number of amides is 1. The Balaban J connectivity index is 1.95. The highest BCUT2D eigenvalue weighted by Gasteiger charge is 2.13. The zero-order chi connectivity index (χ0) is 21.9. The number of carbonyl (C=O) groups excluding carboxylic acids is 1. The molecule has 3 aromatic rings. The van der Waals surface area contributed by atoms with Gasteiger partial charge in [-0.15, -0.1) is 0 Å². The smallest absolute Gasteiger partial charge is 0.270 e. The van der Waals surface area contributed by atoms with Crippen LogP contribution in [-0.2, 0) is 32.3 Å². The summed E-state index contributed by atoms with van der Waals surface area (Å²) in [6.45, 7) is 0.820. The van der Waals surface area contributed by atoms with Gasteiger partial charge in [-0.3, -0.25) is 14.9 Å². The van der Waals surface area contributed by atoms with E-state index in [1.54, 1.807) is 29.9 Å². The number of non-ortho nitro benzene ring substituents is 1. The van der Waals surface area contributed by atoms with Gasteiger partial charge in [0.25, 0.3) is 11.6 Å². The quantitative estimate of drug-likeness (QED) is 0.403. The Morgan fingerprint density at radius 3 is 2.53 bits per heavy atom. The van der Waals surface area contributed by atoms with E-state index in [0.717, 1.165) is 11.8 Å². The van der Waals surface area contributed by atoms with E-state index in [4.69, 9.17) is 4.74 Å². The maximum absolute atomic E-state index is 12.5. The molecule has 158 valence electrons. The number of ether oxygens (including phenoxy) is 1. The molecule has 0 spiro atoms. The Hall–Kier alpha value is -2.89. The summed E-state index contributed by atoms with van der Waals surface area (Å²) in [5, 5.41) is 11.0. The number of sulfone groups is 1. The molecule has 0 fully saturated rings. The lowest BCUT2D eigenvalue weighted by molar-refractivity contribution is -0.384. The monoisotopic (exact) mass is 449 g/mol. The van der Waals surface area contributed by atoms with Gasteiger partial charge in [-0.1, -0.05) is 23.5 Å². The van der Waals surface area contributed by atoms with Crippen LogP contribution in [0.5, 0.6) is 0 Å². The van der Waals surface area contributed by atoms with Crippen LogP contribution in [0, 0.1) is 10.1 Å². The molecule has 0 aliphatic heterocycles. The molecule has 0 bridgehead atoms. The number of carbonyl (C=O) groups is 1. The topological polar surface area (TPSA) is 121 Å². The van der Waals surface area contributed by atoms with Crippen LogP contribution >= 0.6 is 11.3 Å². The molecule has 0 radical (unpaired) electrons. The van der Waals surface area contributed by atoms with Gasteiger partial charge in [-0.25, -0.2) is 8.42 Å². The van der Waals surface area contributed by atoms with Gasteiger partial charge in [0, 0.05) is 32.0 Å². The van der Waals surface area contributed by atoms with Crippen LogP contribution in [-0.4, -0.2) is 43.8 Å². The number of fused-ring (bicyclic) bond motifs is 1. The van der Waals surface area contributed by atoms with Crippen LogP contribution in [0.4, 0.5) is 5.69 Å². The molecule has 1 aromatic heterocycles. The molecule has 11 heteroatoms. The lowest BCUT2D eigenvalue weighted by Gasteiger charge is -2.04. The van der Waals surface area contributed by atoms with Gasteiger partial charge < -0.3 is 9.30 Å². The fourth-order valence-electron chi connectivity index (χ4n) is 2.83. The first-order chi connectivity index (χ1) is 14.2. The standard InChI is InChI=1S/C19H19N3O6S2/c1-28-10-9-21-16-8-5-14(22(24)25)12-17(16)29-19(21)20-18(23)11-13-3-6-15(7-4-13)30(2,26)27/h3-8,12H,9-11H2,1-2H3. The first-order valence-electron chi connectivity index (χ1n) is 8.82. The zero-order valence-corrected chi connectivity index (χ0v) is 17.9. The van der Waals surface area contributed by atoms with E-state index in [-0.39, 0.29) is 17.0 Å². The van der Waals surface area contributed by atoms with Gasteiger partial charge >= 0.3 is 0 Å². The number of aromatic nitrogens is 1. The Kier molecular flexibility index (Phi) is 6.44. The van der Waals surface area contributed by atoms with E-state index < -0.39 is 20.7 Å². The van der Waals surface area contributed by atoms with E-state index in [0.29, 0.717) is 28.2 Å². The van der Waals surface area contributed by atoms with Gasteiger partial charge in [0.05, 0.1) is 33.1 Å². The minimum absolute atomic E-state index is 0.00269. The Bertz CT molecular complexity index is 1270. The van der Waals surface area contributed by atoms with Gasteiger partial charge in [0.15, 0.2) is 14.6 Å². The molecule has 1 amide bonds. The first-order valence-corrected chi connectivity index (χ1v) is 11.5. The molecule has 1 heterocycles. The highest BCUT2D eigenvalue weighted by Crippen LogP contribution is 2.23. The van der Waals surface area contributed by atoms with Crippen molar-refractivity contribution >= 4 is 43.0 Å². The number of thiazole rings is 1. The molecule has 0 aliphatic carbocycles. The summed E-state index contributed by atoms with van der Waals surface area (Å²) < 4.78 is 30.6. The summed E-state index contributed by atoms with van der Waals surface area (Å²) in [6.07, 6.45) is 1.12. The number of rotatable bonds is 7. The second kappa shape index (κ2) is 8.86. The van der Waals surface area contributed by atoms with Crippen LogP contribution in [0.25, 0.3) is 10.2 Å². The largest absolute Gasteiger partial charge is 0.383 e. The molecule has 2 aromatic carbocycles. The zero-order valence-electron chi connectivity index (χ0n) is 16.3. The van der Waals surface area contributed by atoms with Crippen LogP contribution in [0.15, 0.2) is 52.4 Å². The predicted octanol–water partition coefficient (Wildman–Crippen LogP) is 2.33. The van der Waals surface area contributed by atoms with Crippen molar-refractivity contribution in [3.05, 3.63) is 62.9 Å². The van der Waals surface area contributed by atoms with E-state index in [1.807, 2.05) is 0 Å².